The minimum Gasteiger partial charge on any atom is -0.490 e. The predicted molar refractivity (Wildman–Crippen MR) is 161 cm³/mol. The van der Waals surface area contributed by atoms with E-state index >= 15 is 0 Å². The average molecular weight is 574 g/mol. The van der Waals surface area contributed by atoms with Crippen LogP contribution in [0.2, 0.25) is 0 Å². The summed E-state index contributed by atoms with van der Waals surface area (Å²) in [4.78, 5) is 14.0. The number of hydrogen-bond donors (Lipinski definition) is 0. The predicted octanol–water partition coefficient (Wildman–Crippen LogP) is 6.17. The van der Waals surface area contributed by atoms with Crippen LogP contribution in [0.5, 0.6) is 23.0 Å². The van der Waals surface area contributed by atoms with Gasteiger partial charge in [-0.1, -0.05) is 37.3 Å². The molecule has 3 aromatic rings. The number of nitrogens with zero attached hydrogens (tertiary/aromatic N) is 1. The van der Waals surface area contributed by atoms with Crippen molar-refractivity contribution in [2.45, 2.75) is 39.2 Å². The lowest BCUT2D eigenvalue weighted by Crippen LogP contribution is -2.36. The first-order valence-corrected chi connectivity index (χ1v) is 14.5. The summed E-state index contributed by atoms with van der Waals surface area (Å²) in [6.45, 7) is 7.08. The number of carbonyl (C=O) groups excluding carboxylic acids is 1. The molecule has 1 unspecified atom stereocenters. The Morgan fingerprint density at radius 3 is 2.10 bits per heavy atom. The number of carbonyl (C=O) groups is 1. The summed E-state index contributed by atoms with van der Waals surface area (Å²) in [5.41, 5.74) is 5.46. The van der Waals surface area contributed by atoms with Crippen LogP contribution in [0, 0.1) is 0 Å². The summed E-state index contributed by atoms with van der Waals surface area (Å²) >= 11 is 0. The zero-order chi connectivity index (χ0) is 29.3. The molecule has 2 aliphatic rings. The van der Waals surface area contributed by atoms with Crippen molar-refractivity contribution in [2.75, 3.05) is 46.9 Å². The second-order valence-corrected chi connectivity index (χ2v) is 10.4. The van der Waals surface area contributed by atoms with E-state index in [-0.39, 0.29) is 25.7 Å². The van der Waals surface area contributed by atoms with Crippen LogP contribution in [0.15, 0.2) is 66.7 Å². The van der Waals surface area contributed by atoms with Gasteiger partial charge in [-0.2, -0.15) is 0 Å². The van der Waals surface area contributed by atoms with E-state index in [2.05, 4.69) is 42.2 Å². The maximum absolute atomic E-state index is 11.7. The van der Waals surface area contributed by atoms with Gasteiger partial charge in [-0.15, -0.1) is 0 Å². The first kappa shape index (κ1) is 29.5. The van der Waals surface area contributed by atoms with E-state index in [1.165, 1.54) is 25.3 Å². The van der Waals surface area contributed by atoms with Gasteiger partial charge < -0.3 is 28.4 Å². The Balaban J connectivity index is 1.42. The van der Waals surface area contributed by atoms with Crippen molar-refractivity contribution in [3.63, 3.8) is 0 Å². The molecule has 1 saturated heterocycles. The van der Waals surface area contributed by atoms with Gasteiger partial charge in [0.2, 0.25) is 6.79 Å². The van der Waals surface area contributed by atoms with Gasteiger partial charge in [0.25, 0.3) is 0 Å². The molecule has 8 heteroatoms. The van der Waals surface area contributed by atoms with Crippen molar-refractivity contribution in [1.82, 2.24) is 4.90 Å². The van der Waals surface area contributed by atoms with Gasteiger partial charge in [-0.05, 0) is 96.6 Å². The van der Waals surface area contributed by atoms with Gasteiger partial charge in [0.15, 0.2) is 18.3 Å². The fraction of sp³-hybridized carbons (Fsp3) is 0.382. The number of fused-ring (bicyclic) bond motifs is 1. The van der Waals surface area contributed by atoms with Gasteiger partial charge in [-0.3, -0.25) is 9.69 Å². The quantitative estimate of drug-likeness (QED) is 0.136. The van der Waals surface area contributed by atoms with Crippen LogP contribution >= 0.6 is 0 Å². The topological polar surface area (TPSA) is 75.7 Å². The Morgan fingerprint density at radius 2 is 1.48 bits per heavy atom. The second-order valence-electron chi connectivity index (χ2n) is 10.4. The van der Waals surface area contributed by atoms with Crippen molar-refractivity contribution >= 4 is 17.1 Å². The number of allylic oxidation sites excluding steroid dienone is 1. The highest BCUT2D eigenvalue weighted by Gasteiger charge is 2.21. The molecule has 222 valence electrons. The lowest BCUT2D eigenvalue weighted by molar-refractivity contribution is -0.148. The fourth-order valence-corrected chi connectivity index (χ4v) is 5.49. The number of benzene rings is 3. The zero-order valence-electron chi connectivity index (χ0n) is 24.6. The van der Waals surface area contributed by atoms with E-state index in [1.54, 1.807) is 7.11 Å². The minimum atomic E-state index is -0.313. The Labute approximate surface area is 247 Å². The standard InChI is InChI=1S/C34H39NO7/c1-4-31(27-11-16-32-33(19-27)41-23-40-32)34(26-9-14-29(15-10-26)39-22-37-3)25-7-12-28(13-8-25)38-21-30(42-24(2)36)20-35-17-5-6-18-35/h7-16,19,30H,4-6,17-18,20-23H2,1-3H3/b34-31+. The molecule has 1 atom stereocenters. The van der Waals surface area contributed by atoms with Gasteiger partial charge in [-0.25, -0.2) is 0 Å². The molecule has 2 aliphatic heterocycles. The molecule has 0 N–H and O–H groups in total. The van der Waals surface area contributed by atoms with Crippen LogP contribution in [-0.2, 0) is 14.3 Å². The minimum absolute atomic E-state index is 0.192. The number of rotatable bonds is 13. The molecule has 0 spiro atoms. The number of hydrogen-bond acceptors (Lipinski definition) is 8. The van der Waals surface area contributed by atoms with Crippen molar-refractivity contribution in [2.24, 2.45) is 0 Å². The van der Waals surface area contributed by atoms with Gasteiger partial charge in [0.05, 0.1) is 0 Å². The number of methoxy groups -OCH3 is 1. The SMILES string of the molecule is CC/C(=C(\c1ccc(OCOC)cc1)c1ccc(OCC(CN2CCCC2)OC(C)=O)cc1)c1ccc2c(c1)OCO2. The Morgan fingerprint density at radius 1 is 0.857 bits per heavy atom. The second kappa shape index (κ2) is 14.2. The molecule has 0 saturated carbocycles. The molecule has 0 amide bonds. The van der Waals surface area contributed by atoms with E-state index in [0.717, 1.165) is 64.8 Å². The number of ether oxygens (including phenoxy) is 6. The summed E-state index contributed by atoms with van der Waals surface area (Å²) in [5, 5.41) is 0. The van der Waals surface area contributed by atoms with E-state index in [4.69, 9.17) is 28.4 Å². The highest BCUT2D eigenvalue weighted by atomic mass is 16.7. The molecule has 0 radical (unpaired) electrons. The van der Waals surface area contributed by atoms with Gasteiger partial charge in [0.1, 0.15) is 24.2 Å². The summed E-state index contributed by atoms with van der Waals surface area (Å²) in [5.74, 6) is 2.68. The first-order chi connectivity index (χ1) is 20.5. The highest BCUT2D eigenvalue weighted by Crippen LogP contribution is 2.40. The van der Waals surface area contributed by atoms with E-state index in [9.17, 15) is 4.79 Å². The third kappa shape index (κ3) is 7.43. The van der Waals surface area contributed by atoms with E-state index < -0.39 is 0 Å². The van der Waals surface area contributed by atoms with Crippen LogP contribution in [0.1, 0.15) is 49.8 Å². The maximum Gasteiger partial charge on any atom is 0.303 e. The van der Waals surface area contributed by atoms with Crippen LogP contribution in [-0.4, -0.2) is 63.9 Å². The smallest absolute Gasteiger partial charge is 0.303 e. The lowest BCUT2D eigenvalue weighted by atomic mass is 9.88. The molecular weight excluding hydrogens is 534 g/mol. The fourth-order valence-electron chi connectivity index (χ4n) is 5.49. The monoisotopic (exact) mass is 573 g/mol. The number of likely N-dealkylation sites (tertiary alicyclic amines) is 1. The molecule has 0 aromatic heterocycles. The van der Waals surface area contributed by atoms with Gasteiger partial charge >= 0.3 is 5.97 Å². The maximum atomic E-state index is 11.7. The summed E-state index contributed by atoms with van der Waals surface area (Å²) in [6, 6.07) is 22.2. The lowest BCUT2D eigenvalue weighted by Gasteiger charge is -2.23. The van der Waals surface area contributed by atoms with Crippen LogP contribution < -0.4 is 18.9 Å². The molecule has 0 bridgehead atoms. The molecule has 1 fully saturated rings. The third-order valence-corrected chi connectivity index (χ3v) is 7.43. The Hall–Kier alpha value is -4.01. The molecule has 3 aromatic carbocycles. The molecule has 42 heavy (non-hydrogen) atoms. The van der Waals surface area contributed by atoms with Crippen LogP contribution in [0.25, 0.3) is 11.1 Å². The summed E-state index contributed by atoms with van der Waals surface area (Å²) in [7, 11) is 1.60. The van der Waals surface area contributed by atoms with Crippen molar-refractivity contribution in [1.29, 1.82) is 0 Å². The largest absolute Gasteiger partial charge is 0.490 e. The summed E-state index contributed by atoms with van der Waals surface area (Å²) in [6.07, 6.45) is 2.85. The third-order valence-electron chi connectivity index (χ3n) is 7.43. The van der Waals surface area contributed by atoms with E-state index in [0.29, 0.717) is 13.2 Å². The molecular formula is C34H39NO7. The van der Waals surface area contributed by atoms with E-state index in [1.807, 2.05) is 36.4 Å². The Kier molecular flexibility index (Phi) is 10.0. The van der Waals surface area contributed by atoms with Crippen molar-refractivity contribution < 1.29 is 33.2 Å². The molecule has 2 heterocycles. The molecule has 0 aliphatic carbocycles. The molecule has 5 rings (SSSR count). The van der Waals surface area contributed by atoms with Crippen molar-refractivity contribution in [3.8, 4) is 23.0 Å². The van der Waals surface area contributed by atoms with Gasteiger partial charge in [0, 0.05) is 20.6 Å². The highest BCUT2D eigenvalue weighted by molar-refractivity contribution is 5.99. The van der Waals surface area contributed by atoms with Crippen LogP contribution in [0.3, 0.4) is 0 Å². The summed E-state index contributed by atoms with van der Waals surface area (Å²) < 4.78 is 33.6. The Bertz CT molecular complexity index is 1360. The van der Waals surface area contributed by atoms with Crippen LogP contribution in [0.4, 0.5) is 0 Å². The number of esters is 1. The zero-order valence-corrected chi connectivity index (χ0v) is 24.6. The average Bonchev–Trinajstić information content (AvgIpc) is 3.70. The normalized spacial score (nSPS) is 15.7. The van der Waals surface area contributed by atoms with Crippen molar-refractivity contribution in [3.05, 3.63) is 83.4 Å². The first-order valence-electron chi connectivity index (χ1n) is 14.5. The molecule has 8 nitrogen and oxygen atoms in total.